The van der Waals surface area contributed by atoms with Crippen molar-refractivity contribution in [1.29, 1.82) is 0 Å². The van der Waals surface area contributed by atoms with E-state index in [4.69, 9.17) is 0 Å². The number of carbonyl (C=O) groups is 2. The third-order valence-electron chi connectivity index (χ3n) is 5.36. The topological polar surface area (TPSA) is 125 Å². The zero-order valence-corrected chi connectivity index (χ0v) is 20.4. The van der Waals surface area contributed by atoms with Crippen LogP contribution in [0.25, 0.3) is 11.1 Å². The lowest BCUT2D eigenvalue weighted by Crippen LogP contribution is -2.42. The van der Waals surface area contributed by atoms with Crippen LogP contribution in [0.2, 0.25) is 0 Å². The van der Waals surface area contributed by atoms with Crippen LogP contribution in [0, 0.1) is 6.92 Å². The third kappa shape index (κ3) is 7.14. The van der Waals surface area contributed by atoms with Crippen LogP contribution in [0.4, 0.5) is 10.5 Å². The van der Waals surface area contributed by atoms with E-state index in [2.05, 4.69) is 15.4 Å². The molecule has 0 fully saturated rings. The number of carboxylic acids is 1. The van der Waals surface area contributed by atoms with E-state index in [0.717, 1.165) is 17.5 Å². The first kappa shape index (κ1) is 25.9. The number of carbonyl (C=O) groups excluding carboxylic acids is 1. The molecule has 0 saturated carbocycles. The van der Waals surface area contributed by atoms with Gasteiger partial charge in [-0.25, -0.2) is 13.2 Å². The summed E-state index contributed by atoms with van der Waals surface area (Å²) >= 11 is 0. The van der Waals surface area contributed by atoms with Gasteiger partial charge in [-0.3, -0.25) is 4.79 Å². The van der Waals surface area contributed by atoms with E-state index >= 15 is 0 Å². The molecule has 0 saturated heterocycles. The number of aryl methyl sites for hydroxylation is 1. The maximum atomic E-state index is 12.8. The molecule has 0 radical (unpaired) electrons. The molecule has 2 amide bonds. The Bertz CT molecular complexity index is 1290. The van der Waals surface area contributed by atoms with Crippen molar-refractivity contribution in [2.75, 3.05) is 11.9 Å². The maximum absolute atomic E-state index is 12.8. The van der Waals surface area contributed by atoms with Crippen molar-refractivity contribution in [3.05, 3.63) is 83.9 Å². The molecule has 0 unspecified atom stereocenters. The molecule has 4 N–H and O–H groups in total. The van der Waals surface area contributed by atoms with Crippen LogP contribution in [0.3, 0.4) is 0 Å². The Balaban J connectivity index is 1.72. The summed E-state index contributed by atoms with van der Waals surface area (Å²) in [7, 11) is -4.00. The molecule has 0 spiro atoms. The van der Waals surface area contributed by atoms with Crippen molar-refractivity contribution in [2.24, 2.45) is 0 Å². The molecule has 184 valence electrons. The molecule has 0 aliphatic rings. The summed E-state index contributed by atoms with van der Waals surface area (Å²) in [4.78, 5) is 23.8. The summed E-state index contributed by atoms with van der Waals surface area (Å²) in [5.41, 5.74) is 3.60. The average Bonchev–Trinajstić information content (AvgIpc) is 2.83. The number of benzene rings is 3. The predicted octanol–water partition coefficient (Wildman–Crippen LogP) is 4.17. The highest BCUT2D eigenvalue weighted by molar-refractivity contribution is 7.89. The second kappa shape index (κ2) is 11.6. The zero-order chi connectivity index (χ0) is 25.4. The van der Waals surface area contributed by atoms with Gasteiger partial charge in [-0.15, -0.1) is 0 Å². The van der Waals surface area contributed by atoms with Crippen LogP contribution in [0.1, 0.15) is 24.5 Å². The number of urea groups is 1. The van der Waals surface area contributed by atoms with Gasteiger partial charge in [-0.1, -0.05) is 61.5 Å². The van der Waals surface area contributed by atoms with Gasteiger partial charge in [0.1, 0.15) is 6.04 Å². The van der Waals surface area contributed by atoms with Crippen LogP contribution >= 0.6 is 0 Å². The molecule has 3 aromatic carbocycles. The highest BCUT2D eigenvalue weighted by atomic mass is 32.2. The lowest BCUT2D eigenvalue weighted by molar-refractivity contribution is -0.138. The molecule has 0 aliphatic heterocycles. The van der Waals surface area contributed by atoms with Crippen molar-refractivity contribution in [1.82, 2.24) is 10.0 Å². The van der Waals surface area contributed by atoms with E-state index < -0.39 is 22.0 Å². The fraction of sp³-hybridized carbons (Fsp3) is 0.231. The number of hydrogen-bond acceptors (Lipinski definition) is 4. The molecule has 0 bridgehead atoms. The lowest BCUT2D eigenvalue weighted by atomic mass is 10.0. The third-order valence-corrected chi connectivity index (χ3v) is 6.99. The average molecular weight is 496 g/mol. The summed E-state index contributed by atoms with van der Waals surface area (Å²) < 4.78 is 27.8. The Morgan fingerprint density at radius 1 is 0.943 bits per heavy atom. The van der Waals surface area contributed by atoms with Crippen molar-refractivity contribution >= 4 is 27.7 Å². The first-order valence-corrected chi connectivity index (χ1v) is 12.7. The summed E-state index contributed by atoms with van der Waals surface area (Å²) in [6, 6.07) is 19.4. The van der Waals surface area contributed by atoms with Gasteiger partial charge >= 0.3 is 12.0 Å². The maximum Gasteiger partial charge on any atom is 0.322 e. The summed E-state index contributed by atoms with van der Waals surface area (Å²) in [6.45, 7) is 4.22. The molecular formula is C26H29N3O5S. The second-order valence-corrected chi connectivity index (χ2v) is 9.82. The molecule has 0 aliphatic carbocycles. The minimum absolute atomic E-state index is 0.0140. The van der Waals surface area contributed by atoms with Gasteiger partial charge in [0.25, 0.3) is 0 Å². The first-order valence-electron chi connectivity index (χ1n) is 11.2. The number of rotatable bonds is 10. The highest BCUT2D eigenvalue weighted by Gasteiger charge is 2.26. The molecule has 0 heterocycles. The molecule has 9 heteroatoms. The van der Waals surface area contributed by atoms with E-state index in [9.17, 15) is 23.1 Å². The monoisotopic (exact) mass is 495 g/mol. The molecule has 1 atom stereocenters. The fourth-order valence-corrected chi connectivity index (χ4v) is 4.98. The van der Waals surface area contributed by atoms with Crippen molar-refractivity contribution in [2.45, 2.75) is 37.6 Å². The van der Waals surface area contributed by atoms with Gasteiger partial charge in [0, 0.05) is 12.2 Å². The van der Waals surface area contributed by atoms with E-state index in [1.54, 1.807) is 43.3 Å². The Hall–Kier alpha value is -3.69. The minimum Gasteiger partial charge on any atom is -0.480 e. The van der Waals surface area contributed by atoms with E-state index in [0.29, 0.717) is 23.4 Å². The molecule has 0 aromatic heterocycles. The quantitative estimate of drug-likeness (QED) is 0.336. The van der Waals surface area contributed by atoms with Crippen LogP contribution in [-0.4, -0.2) is 38.1 Å². The molecular weight excluding hydrogens is 466 g/mol. The molecule has 8 nitrogen and oxygen atoms in total. The van der Waals surface area contributed by atoms with Crippen molar-refractivity contribution in [3.8, 4) is 11.1 Å². The smallest absolute Gasteiger partial charge is 0.322 e. The lowest BCUT2D eigenvalue weighted by Gasteiger charge is -2.16. The Labute approximate surface area is 205 Å². The second-order valence-electron chi connectivity index (χ2n) is 8.14. The fourth-order valence-electron chi connectivity index (χ4n) is 3.55. The molecule has 3 aromatic rings. The van der Waals surface area contributed by atoms with Gasteiger partial charge < -0.3 is 15.7 Å². The highest BCUT2D eigenvalue weighted by Crippen LogP contribution is 2.24. The predicted molar refractivity (Wildman–Crippen MR) is 136 cm³/mol. The SMILES string of the molecule is CCCNC(=O)Nc1cccc(-c2ccc(C[C@H](NS(=O)(=O)c3ccccc3C)C(=O)O)cc2)c1. The van der Waals surface area contributed by atoms with Gasteiger partial charge in [-0.2, -0.15) is 4.72 Å². The minimum atomic E-state index is -4.00. The Kier molecular flexibility index (Phi) is 8.62. The van der Waals surface area contributed by atoms with Gasteiger partial charge in [-0.05, 0) is 60.2 Å². The normalized spacial score (nSPS) is 12.1. The van der Waals surface area contributed by atoms with Crippen LogP contribution in [-0.2, 0) is 21.2 Å². The van der Waals surface area contributed by atoms with Gasteiger partial charge in [0.2, 0.25) is 10.0 Å². The Morgan fingerprint density at radius 2 is 1.66 bits per heavy atom. The number of hydrogen-bond donors (Lipinski definition) is 4. The van der Waals surface area contributed by atoms with Crippen LogP contribution in [0.5, 0.6) is 0 Å². The van der Waals surface area contributed by atoms with Crippen molar-refractivity contribution in [3.63, 3.8) is 0 Å². The van der Waals surface area contributed by atoms with E-state index in [1.165, 1.54) is 6.07 Å². The summed E-state index contributed by atoms with van der Waals surface area (Å²) in [5, 5.41) is 15.2. The van der Waals surface area contributed by atoms with Crippen LogP contribution in [0.15, 0.2) is 77.7 Å². The Morgan fingerprint density at radius 3 is 2.31 bits per heavy atom. The van der Waals surface area contributed by atoms with Gasteiger partial charge in [0.05, 0.1) is 4.90 Å². The first-order chi connectivity index (χ1) is 16.7. The molecule has 3 rings (SSSR count). The van der Waals surface area contributed by atoms with Crippen molar-refractivity contribution < 1.29 is 23.1 Å². The standard InChI is InChI=1S/C26H29N3O5S/c1-3-15-27-26(32)28-22-9-6-8-21(17-22)20-13-11-19(12-14-20)16-23(25(30)31)29-35(33,34)24-10-5-4-7-18(24)2/h4-14,17,23,29H,3,15-16H2,1-2H3,(H,30,31)(H2,27,28,32)/t23-/m0/s1. The number of carboxylic acid groups (broad SMARTS) is 1. The largest absolute Gasteiger partial charge is 0.480 e. The van der Waals surface area contributed by atoms with E-state index in [1.807, 2.05) is 37.3 Å². The summed E-state index contributed by atoms with van der Waals surface area (Å²) in [5.74, 6) is -1.26. The number of nitrogens with one attached hydrogen (secondary N) is 3. The molecule has 35 heavy (non-hydrogen) atoms. The number of sulfonamides is 1. The number of amides is 2. The summed E-state index contributed by atoms with van der Waals surface area (Å²) in [6.07, 6.45) is 0.829. The van der Waals surface area contributed by atoms with Gasteiger partial charge in [0.15, 0.2) is 0 Å². The number of aliphatic carboxylic acids is 1. The van der Waals surface area contributed by atoms with Crippen LogP contribution < -0.4 is 15.4 Å². The number of anilines is 1. The van der Waals surface area contributed by atoms with E-state index in [-0.39, 0.29) is 17.3 Å². The zero-order valence-electron chi connectivity index (χ0n) is 19.6.